The van der Waals surface area contributed by atoms with E-state index >= 15 is 0 Å². The van der Waals surface area contributed by atoms with Crippen LogP contribution in [-0.4, -0.2) is 56.8 Å². The molecule has 6 nitrogen and oxygen atoms in total. The van der Waals surface area contributed by atoms with Gasteiger partial charge in [0.15, 0.2) is 17.5 Å². The van der Waals surface area contributed by atoms with Crippen LogP contribution in [0.1, 0.15) is 53.1 Å². The molecule has 0 amide bonds. The summed E-state index contributed by atoms with van der Waals surface area (Å²) in [4.78, 5) is 6.78. The van der Waals surface area contributed by atoms with Crippen LogP contribution in [0.25, 0.3) is 0 Å². The van der Waals surface area contributed by atoms with Gasteiger partial charge in [0.05, 0.1) is 19.3 Å². The molecule has 0 aromatic heterocycles. The van der Waals surface area contributed by atoms with Crippen LogP contribution in [0.3, 0.4) is 0 Å². The molecule has 0 aliphatic heterocycles. The Kier molecular flexibility index (Phi) is 10.6. The van der Waals surface area contributed by atoms with Gasteiger partial charge in [-0.2, -0.15) is 0 Å². The molecule has 0 spiro atoms. The molecule has 0 saturated heterocycles. The molecule has 2 N–H and O–H groups in total. The van der Waals surface area contributed by atoms with Crippen LogP contribution in [0.2, 0.25) is 0 Å². The Morgan fingerprint density at radius 3 is 2.22 bits per heavy atom. The van der Waals surface area contributed by atoms with E-state index in [0.717, 1.165) is 42.7 Å². The number of hydrogen-bond donors (Lipinski definition) is 2. The summed E-state index contributed by atoms with van der Waals surface area (Å²) in [5.41, 5.74) is 1.13. The molecular weight excluding hydrogens is 340 g/mol. The maximum absolute atomic E-state index is 5.74. The smallest absolute Gasteiger partial charge is 0.191 e. The van der Waals surface area contributed by atoms with Crippen molar-refractivity contribution in [2.45, 2.75) is 53.6 Å². The van der Waals surface area contributed by atoms with Crippen molar-refractivity contribution in [1.82, 2.24) is 15.5 Å². The minimum absolute atomic E-state index is 0.0924. The number of nitrogens with zero attached hydrogens (tertiary/aromatic N) is 2. The van der Waals surface area contributed by atoms with E-state index in [-0.39, 0.29) is 6.04 Å². The van der Waals surface area contributed by atoms with Crippen molar-refractivity contribution in [1.29, 1.82) is 0 Å². The number of hydrogen-bond acceptors (Lipinski definition) is 4. The monoisotopic (exact) mass is 378 g/mol. The van der Waals surface area contributed by atoms with Gasteiger partial charge in [-0.1, -0.05) is 19.9 Å². The maximum atomic E-state index is 5.74. The second kappa shape index (κ2) is 12.4. The summed E-state index contributed by atoms with van der Waals surface area (Å²) in [6, 6.07) is 6.62. The van der Waals surface area contributed by atoms with Crippen LogP contribution in [0.5, 0.6) is 11.5 Å². The lowest BCUT2D eigenvalue weighted by Crippen LogP contribution is -2.46. The van der Waals surface area contributed by atoms with Gasteiger partial charge in [0.1, 0.15) is 0 Å². The third kappa shape index (κ3) is 7.29. The third-order valence-electron chi connectivity index (χ3n) is 4.64. The summed E-state index contributed by atoms with van der Waals surface area (Å²) < 4.78 is 11.4. The molecule has 0 radical (unpaired) electrons. The van der Waals surface area contributed by atoms with Crippen molar-refractivity contribution < 1.29 is 9.47 Å². The van der Waals surface area contributed by atoms with Crippen LogP contribution in [0.15, 0.2) is 23.2 Å². The topological polar surface area (TPSA) is 58.1 Å². The normalized spacial score (nSPS) is 14.0. The van der Waals surface area contributed by atoms with Gasteiger partial charge in [-0.15, -0.1) is 0 Å². The van der Waals surface area contributed by atoms with Gasteiger partial charge in [-0.25, -0.2) is 0 Å². The van der Waals surface area contributed by atoms with Crippen LogP contribution in [-0.2, 0) is 0 Å². The molecule has 1 aromatic rings. The number of nitrogens with one attached hydrogen (secondary N) is 2. The van der Waals surface area contributed by atoms with Gasteiger partial charge in [0.2, 0.25) is 0 Å². The number of benzene rings is 1. The summed E-state index contributed by atoms with van der Waals surface area (Å²) in [5.74, 6) is 2.36. The lowest BCUT2D eigenvalue weighted by Gasteiger charge is -2.27. The minimum atomic E-state index is 0.0924. The van der Waals surface area contributed by atoms with E-state index in [1.807, 2.05) is 26.0 Å². The highest BCUT2D eigenvalue weighted by Crippen LogP contribution is 2.30. The number of likely N-dealkylation sites (N-methyl/N-ethyl adjacent to an activating group) is 1. The molecule has 0 saturated carbocycles. The van der Waals surface area contributed by atoms with Gasteiger partial charge in [-0.3, -0.25) is 9.89 Å². The Bertz CT molecular complexity index is 573. The molecule has 0 bridgehead atoms. The molecule has 2 unspecified atom stereocenters. The Morgan fingerprint density at radius 1 is 1.04 bits per heavy atom. The fourth-order valence-electron chi connectivity index (χ4n) is 3.04. The Labute approximate surface area is 165 Å². The highest BCUT2D eigenvalue weighted by atomic mass is 16.5. The number of aliphatic imine (C=N–C) groups is 1. The first-order chi connectivity index (χ1) is 13.0. The molecule has 6 heteroatoms. The van der Waals surface area contributed by atoms with Gasteiger partial charge in [0.25, 0.3) is 0 Å². The van der Waals surface area contributed by atoms with E-state index < -0.39 is 0 Å². The van der Waals surface area contributed by atoms with Crippen LogP contribution in [0, 0.1) is 0 Å². The van der Waals surface area contributed by atoms with Crippen molar-refractivity contribution in [3.63, 3.8) is 0 Å². The Balaban J connectivity index is 2.74. The SMILES string of the molecule is CCOc1ccc(C(C)NC(=NC)NCC(C)N(CC)CC)cc1OCC. The Hall–Kier alpha value is -1.95. The summed E-state index contributed by atoms with van der Waals surface area (Å²) in [7, 11) is 1.80. The molecule has 0 aliphatic carbocycles. The summed E-state index contributed by atoms with van der Waals surface area (Å²) in [5, 5.41) is 6.89. The van der Waals surface area contributed by atoms with Gasteiger partial charge in [0, 0.05) is 19.6 Å². The van der Waals surface area contributed by atoms with E-state index in [1.54, 1.807) is 7.05 Å². The predicted molar refractivity (Wildman–Crippen MR) is 114 cm³/mol. The van der Waals surface area contributed by atoms with Crippen molar-refractivity contribution >= 4 is 5.96 Å². The third-order valence-corrected chi connectivity index (χ3v) is 4.64. The fraction of sp³-hybridized carbons (Fsp3) is 0.667. The Morgan fingerprint density at radius 2 is 1.67 bits per heavy atom. The van der Waals surface area contributed by atoms with Gasteiger partial charge < -0.3 is 20.1 Å². The quantitative estimate of drug-likeness (QED) is 0.456. The van der Waals surface area contributed by atoms with Crippen molar-refractivity contribution in [3.8, 4) is 11.5 Å². The summed E-state index contributed by atoms with van der Waals surface area (Å²) >= 11 is 0. The average molecular weight is 379 g/mol. The van der Waals surface area contributed by atoms with Crippen molar-refractivity contribution in [2.24, 2.45) is 4.99 Å². The van der Waals surface area contributed by atoms with Crippen molar-refractivity contribution in [2.75, 3.05) is 39.9 Å². The molecule has 1 rings (SSSR count). The predicted octanol–water partition coefficient (Wildman–Crippen LogP) is 3.44. The summed E-state index contributed by atoms with van der Waals surface area (Å²) in [6.45, 7) is 16.9. The lowest BCUT2D eigenvalue weighted by molar-refractivity contribution is 0.231. The second-order valence-electron chi connectivity index (χ2n) is 6.46. The van der Waals surface area contributed by atoms with E-state index in [9.17, 15) is 0 Å². The van der Waals surface area contributed by atoms with Gasteiger partial charge in [-0.05, 0) is 58.5 Å². The number of ether oxygens (including phenoxy) is 2. The maximum Gasteiger partial charge on any atom is 0.191 e. The average Bonchev–Trinajstić information content (AvgIpc) is 2.67. The molecule has 27 heavy (non-hydrogen) atoms. The fourth-order valence-corrected chi connectivity index (χ4v) is 3.04. The standard InChI is InChI=1S/C21H38N4O2/c1-8-25(9-2)16(5)15-23-21(22-7)24-17(6)18-12-13-19(26-10-3)20(14-18)27-11-4/h12-14,16-17H,8-11,15H2,1-7H3,(H2,22,23,24). The lowest BCUT2D eigenvalue weighted by atomic mass is 10.1. The zero-order valence-corrected chi connectivity index (χ0v) is 18.1. The number of guanidine groups is 1. The molecule has 0 aliphatic rings. The van der Waals surface area contributed by atoms with E-state index in [2.05, 4.69) is 54.3 Å². The molecule has 1 aromatic carbocycles. The highest BCUT2D eigenvalue weighted by molar-refractivity contribution is 5.80. The molecule has 154 valence electrons. The van der Waals surface area contributed by atoms with Crippen molar-refractivity contribution in [3.05, 3.63) is 23.8 Å². The molecule has 0 fully saturated rings. The first-order valence-corrected chi connectivity index (χ1v) is 10.1. The molecule has 0 heterocycles. The first kappa shape index (κ1) is 23.1. The molecular formula is C21H38N4O2. The van der Waals surface area contributed by atoms with Gasteiger partial charge >= 0.3 is 0 Å². The summed E-state index contributed by atoms with van der Waals surface area (Å²) in [6.07, 6.45) is 0. The first-order valence-electron chi connectivity index (χ1n) is 10.1. The highest BCUT2D eigenvalue weighted by Gasteiger charge is 2.14. The van der Waals surface area contributed by atoms with E-state index in [4.69, 9.17) is 9.47 Å². The zero-order chi connectivity index (χ0) is 20.2. The van der Waals surface area contributed by atoms with E-state index in [1.165, 1.54) is 0 Å². The largest absolute Gasteiger partial charge is 0.490 e. The molecule has 2 atom stereocenters. The number of rotatable bonds is 11. The van der Waals surface area contributed by atoms with Crippen LogP contribution < -0.4 is 20.1 Å². The minimum Gasteiger partial charge on any atom is -0.490 e. The van der Waals surface area contributed by atoms with Crippen LogP contribution in [0.4, 0.5) is 0 Å². The zero-order valence-electron chi connectivity index (χ0n) is 18.1. The second-order valence-corrected chi connectivity index (χ2v) is 6.46. The van der Waals surface area contributed by atoms with Crippen LogP contribution >= 0.6 is 0 Å². The van der Waals surface area contributed by atoms with E-state index in [0.29, 0.717) is 19.3 Å².